The molecule has 0 N–H and O–H groups in total. The lowest BCUT2D eigenvalue weighted by atomic mass is 10.0. The van der Waals surface area contributed by atoms with Gasteiger partial charge in [0, 0.05) is 0 Å². The number of ether oxygens (including phenoxy) is 1. The summed E-state index contributed by atoms with van der Waals surface area (Å²) in [6.07, 6.45) is 6.31. The molecule has 0 aromatic carbocycles. The smallest absolute Gasteiger partial charge is 0.318 e. The highest BCUT2D eigenvalue weighted by molar-refractivity contribution is 14.1. The molecule has 0 bridgehead atoms. The average molecular weight is 296 g/mol. The Balaban J connectivity index is 2.22. The standard InChI is InChI=1S/C10H17IO2/c1-2-13-10(12)9(11)7-8-5-3-4-6-8/h8-9H,2-7H2,1H3. The van der Waals surface area contributed by atoms with Crippen molar-refractivity contribution in [2.24, 2.45) is 5.92 Å². The molecule has 0 aromatic rings. The second-order valence-electron chi connectivity index (χ2n) is 3.61. The third-order valence-electron chi connectivity index (χ3n) is 2.56. The van der Waals surface area contributed by atoms with Crippen LogP contribution < -0.4 is 0 Å². The molecule has 1 rings (SSSR count). The van der Waals surface area contributed by atoms with Crippen LogP contribution in [0.3, 0.4) is 0 Å². The Bertz CT molecular complexity index is 164. The first-order valence-corrected chi connectivity index (χ1v) is 6.29. The fourth-order valence-corrected chi connectivity index (χ4v) is 2.77. The van der Waals surface area contributed by atoms with Gasteiger partial charge in [-0.05, 0) is 19.3 Å². The fraction of sp³-hybridized carbons (Fsp3) is 0.900. The van der Waals surface area contributed by atoms with Crippen LogP contribution >= 0.6 is 22.6 Å². The number of hydrogen-bond donors (Lipinski definition) is 0. The number of carbonyl (C=O) groups excluding carboxylic acids is 1. The molecular formula is C10H17IO2. The topological polar surface area (TPSA) is 26.3 Å². The largest absolute Gasteiger partial charge is 0.465 e. The molecule has 0 saturated heterocycles. The summed E-state index contributed by atoms with van der Waals surface area (Å²) in [5.74, 6) is 0.737. The van der Waals surface area contributed by atoms with E-state index in [1.54, 1.807) is 0 Å². The summed E-state index contributed by atoms with van der Waals surface area (Å²) in [6, 6.07) is 0. The normalized spacial score (nSPS) is 20.2. The molecule has 2 nitrogen and oxygen atoms in total. The van der Waals surface area contributed by atoms with Gasteiger partial charge in [0.1, 0.15) is 3.92 Å². The van der Waals surface area contributed by atoms with Gasteiger partial charge in [-0.25, -0.2) is 0 Å². The molecule has 3 heteroatoms. The Morgan fingerprint density at radius 1 is 1.54 bits per heavy atom. The van der Waals surface area contributed by atoms with Crippen molar-refractivity contribution < 1.29 is 9.53 Å². The van der Waals surface area contributed by atoms with E-state index in [9.17, 15) is 4.79 Å². The van der Waals surface area contributed by atoms with Gasteiger partial charge in [0.25, 0.3) is 0 Å². The van der Waals surface area contributed by atoms with Crippen molar-refractivity contribution in [3.63, 3.8) is 0 Å². The molecule has 0 aliphatic heterocycles. The molecule has 0 radical (unpaired) electrons. The third kappa shape index (κ3) is 3.83. The molecule has 1 aliphatic carbocycles. The lowest BCUT2D eigenvalue weighted by Crippen LogP contribution is -2.19. The SMILES string of the molecule is CCOC(=O)C(I)CC1CCCC1. The van der Waals surface area contributed by atoms with Gasteiger partial charge in [-0.1, -0.05) is 48.3 Å². The van der Waals surface area contributed by atoms with Crippen molar-refractivity contribution in [1.82, 2.24) is 0 Å². The lowest BCUT2D eigenvalue weighted by Gasteiger charge is -2.13. The number of hydrogen-bond acceptors (Lipinski definition) is 2. The molecule has 1 aliphatic rings. The number of rotatable bonds is 4. The molecule has 1 atom stereocenters. The summed E-state index contributed by atoms with van der Waals surface area (Å²) < 4.78 is 5.04. The summed E-state index contributed by atoms with van der Waals surface area (Å²) in [4.78, 5) is 11.3. The van der Waals surface area contributed by atoms with Crippen molar-refractivity contribution in [3.8, 4) is 0 Å². The van der Waals surface area contributed by atoms with Gasteiger partial charge in [0.15, 0.2) is 0 Å². The van der Waals surface area contributed by atoms with Crippen LogP contribution in [0.5, 0.6) is 0 Å². The molecule has 1 saturated carbocycles. The van der Waals surface area contributed by atoms with Crippen molar-refractivity contribution in [2.45, 2.75) is 43.0 Å². The highest BCUT2D eigenvalue weighted by atomic mass is 127. The van der Waals surface area contributed by atoms with Crippen LogP contribution in [0, 0.1) is 5.92 Å². The average Bonchev–Trinajstić information content (AvgIpc) is 2.57. The van der Waals surface area contributed by atoms with Crippen LogP contribution in [-0.4, -0.2) is 16.5 Å². The van der Waals surface area contributed by atoms with E-state index in [1.165, 1.54) is 25.7 Å². The van der Waals surface area contributed by atoms with Crippen molar-refractivity contribution >= 4 is 28.6 Å². The Morgan fingerprint density at radius 2 is 2.15 bits per heavy atom. The predicted octanol–water partition coefficient (Wildman–Crippen LogP) is 2.93. The monoisotopic (exact) mass is 296 g/mol. The number of alkyl halides is 1. The fourth-order valence-electron chi connectivity index (χ4n) is 1.87. The van der Waals surface area contributed by atoms with E-state index in [1.807, 2.05) is 6.92 Å². The van der Waals surface area contributed by atoms with Crippen LogP contribution in [0.15, 0.2) is 0 Å². The van der Waals surface area contributed by atoms with E-state index in [4.69, 9.17) is 4.74 Å². The minimum Gasteiger partial charge on any atom is -0.465 e. The lowest BCUT2D eigenvalue weighted by molar-refractivity contribution is -0.142. The molecule has 1 unspecified atom stereocenters. The van der Waals surface area contributed by atoms with Crippen LogP contribution in [-0.2, 0) is 9.53 Å². The molecular weight excluding hydrogens is 279 g/mol. The second-order valence-corrected chi connectivity index (χ2v) is 5.11. The third-order valence-corrected chi connectivity index (χ3v) is 3.57. The number of carbonyl (C=O) groups is 1. The minimum absolute atomic E-state index is 0.0324. The van der Waals surface area contributed by atoms with Crippen molar-refractivity contribution in [2.75, 3.05) is 6.61 Å². The van der Waals surface area contributed by atoms with E-state index in [0.29, 0.717) is 6.61 Å². The summed E-state index contributed by atoms with van der Waals surface area (Å²) in [5, 5.41) is 0. The van der Waals surface area contributed by atoms with Gasteiger partial charge >= 0.3 is 5.97 Å². The maximum Gasteiger partial charge on any atom is 0.318 e. The minimum atomic E-state index is -0.0324. The van der Waals surface area contributed by atoms with Crippen LogP contribution in [0.2, 0.25) is 0 Å². The zero-order valence-corrected chi connectivity index (χ0v) is 10.2. The van der Waals surface area contributed by atoms with Gasteiger partial charge in [0.05, 0.1) is 6.61 Å². The molecule has 0 spiro atoms. The number of esters is 1. The first-order chi connectivity index (χ1) is 6.24. The second kappa shape index (κ2) is 5.83. The molecule has 76 valence electrons. The Hall–Kier alpha value is 0.200. The predicted molar refractivity (Wildman–Crippen MR) is 61.0 cm³/mol. The highest BCUT2D eigenvalue weighted by Gasteiger charge is 2.23. The maximum atomic E-state index is 11.3. The summed E-state index contributed by atoms with van der Waals surface area (Å²) in [6.45, 7) is 2.36. The van der Waals surface area contributed by atoms with Gasteiger partial charge in [0.2, 0.25) is 0 Å². The van der Waals surface area contributed by atoms with Gasteiger partial charge in [-0.15, -0.1) is 0 Å². The zero-order valence-electron chi connectivity index (χ0n) is 8.09. The highest BCUT2D eigenvalue weighted by Crippen LogP contribution is 2.30. The maximum absolute atomic E-state index is 11.3. The van der Waals surface area contributed by atoms with E-state index in [2.05, 4.69) is 22.6 Å². The van der Waals surface area contributed by atoms with E-state index in [-0.39, 0.29) is 9.89 Å². The van der Waals surface area contributed by atoms with Gasteiger partial charge in [-0.2, -0.15) is 0 Å². The first kappa shape index (κ1) is 11.3. The van der Waals surface area contributed by atoms with E-state index < -0.39 is 0 Å². The van der Waals surface area contributed by atoms with Crippen molar-refractivity contribution in [1.29, 1.82) is 0 Å². The molecule has 13 heavy (non-hydrogen) atoms. The quantitative estimate of drug-likeness (QED) is 0.453. The Morgan fingerprint density at radius 3 is 2.69 bits per heavy atom. The first-order valence-electron chi connectivity index (χ1n) is 5.04. The summed E-state index contributed by atoms with van der Waals surface area (Å²) in [5.41, 5.74) is 0. The van der Waals surface area contributed by atoms with Crippen LogP contribution in [0.4, 0.5) is 0 Å². The van der Waals surface area contributed by atoms with Gasteiger partial charge < -0.3 is 4.74 Å². The summed E-state index contributed by atoms with van der Waals surface area (Å²) >= 11 is 2.21. The van der Waals surface area contributed by atoms with Gasteiger partial charge in [-0.3, -0.25) is 4.79 Å². The molecule has 1 fully saturated rings. The van der Waals surface area contributed by atoms with Crippen molar-refractivity contribution in [3.05, 3.63) is 0 Å². The molecule has 0 heterocycles. The number of halogens is 1. The summed E-state index contributed by atoms with van der Waals surface area (Å²) in [7, 11) is 0. The van der Waals surface area contributed by atoms with Crippen LogP contribution in [0.1, 0.15) is 39.0 Å². The van der Waals surface area contributed by atoms with E-state index >= 15 is 0 Å². The van der Waals surface area contributed by atoms with Crippen LogP contribution in [0.25, 0.3) is 0 Å². The Kier molecular flexibility index (Phi) is 5.06. The molecule has 0 amide bonds. The molecule has 0 aromatic heterocycles. The Labute approximate surface area is 93.6 Å². The zero-order chi connectivity index (χ0) is 9.68. The van der Waals surface area contributed by atoms with E-state index in [0.717, 1.165) is 12.3 Å².